The van der Waals surface area contributed by atoms with Gasteiger partial charge in [-0.15, -0.1) is 0 Å². The Morgan fingerprint density at radius 2 is 1.85 bits per heavy atom. The molecule has 0 aliphatic heterocycles. The minimum Gasteiger partial charge on any atom is -0.550 e. The molecule has 0 heterocycles. The molecule has 1 aliphatic rings. The van der Waals surface area contributed by atoms with Crippen molar-refractivity contribution in [2.24, 2.45) is 5.92 Å². The third kappa shape index (κ3) is 4.08. The van der Waals surface area contributed by atoms with Crippen LogP contribution in [0.25, 0.3) is 0 Å². The summed E-state index contributed by atoms with van der Waals surface area (Å²) in [7, 11) is 0. The number of carboxylic acids is 1. The fraction of sp³-hybridized carbons (Fsp3) is 0.467. The predicted octanol–water partition coefficient (Wildman–Crippen LogP) is -1.67. The zero-order valence-electron chi connectivity index (χ0n) is 11.9. The van der Waals surface area contributed by atoms with Crippen molar-refractivity contribution in [1.29, 1.82) is 0 Å². The monoisotopic (exact) mass is 283 g/mol. The molecule has 0 spiro atoms. The van der Waals surface area contributed by atoms with Crippen molar-refractivity contribution in [3.8, 4) is 0 Å². The van der Waals surface area contributed by atoms with Crippen LogP contribution in [0.1, 0.15) is 48.0 Å². The van der Waals surface area contributed by atoms with Crippen LogP contribution >= 0.6 is 0 Å². The van der Waals surface area contributed by atoms with Gasteiger partial charge in [-0.05, 0) is 24.5 Å². The first-order valence-electron chi connectivity index (χ1n) is 6.71. The van der Waals surface area contributed by atoms with Crippen molar-refractivity contribution in [2.75, 3.05) is 5.73 Å². The molecular formula is C15H18NNaO3. The topological polar surface area (TPSA) is 83.2 Å². The molecule has 1 aromatic carbocycles. The summed E-state index contributed by atoms with van der Waals surface area (Å²) >= 11 is 0. The number of Topliss-reactive ketones (excluding diaryl/α,β-unsaturated/α-hetero) is 1. The number of hydrogen-bond donors (Lipinski definition) is 1. The predicted molar refractivity (Wildman–Crippen MR) is 70.5 cm³/mol. The molecule has 20 heavy (non-hydrogen) atoms. The van der Waals surface area contributed by atoms with Gasteiger partial charge in [0.1, 0.15) is 0 Å². The number of carboxylic acid groups (broad SMARTS) is 1. The van der Waals surface area contributed by atoms with E-state index in [1.165, 1.54) is 6.42 Å². The van der Waals surface area contributed by atoms with E-state index in [1.807, 2.05) is 0 Å². The first kappa shape index (κ1) is 17.2. The van der Waals surface area contributed by atoms with Gasteiger partial charge >= 0.3 is 29.6 Å². The number of aliphatic carboxylic acids is 1. The van der Waals surface area contributed by atoms with Crippen molar-refractivity contribution >= 4 is 17.4 Å². The van der Waals surface area contributed by atoms with Crippen molar-refractivity contribution in [1.82, 2.24) is 0 Å². The van der Waals surface area contributed by atoms with Crippen LogP contribution in [0, 0.1) is 5.92 Å². The number of carbonyl (C=O) groups is 2. The molecule has 1 aliphatic carbocycles. The van der Waals surface area contributed by atoms with Gasteiger partial charge in [0.2, 0.25) is 0 Å². The average molecular weight is 283 g/mol. The maximum Gasteiger partial charge on any atom is 1.00 e. The van der Waals surface area contributed by atoms with Gasteiger partial charge in [-0.1, -0.05) is 31.4 Å². The second-order valence-corrected chi connectivity index (χ2v) is 5.13. The fourth-order valence-corrected chi connectivity index (χ4v) is 2.72. The SMILES string of the molecule is Nc1c(CC(=O)[O-])cccc1C(=O)C1CCCCC1.[Na+]. The zero-order chi connectivity index (χ0) is 13.8. The van der Waals surface area contributed by atoms with Crippen LogP contribution in [0.4, 0.5) is 5.69 Å². The number of nitrogens with two attached hydrogens (primary N) is 1. The Labute approximate surface area is 141 Å². The van der Waals surface area contributed by atoms with E-state index in [4.69, 9.17) is 5.73 Å². The van der Waals surface area contributed by atoms with Crippen LogP contribution < -0.4 is 40.4 Å². The second kappa shape index (κ2) is 7.81. The van der Waals surface area contributed by atoms with Crippen LogP contribution in [0.2, 0.25) is 0 Å². The first-order chi connectivity index (χ1) is 9.09. The molecule has 102 valence electrons. The number of anilines is 1. The Balaban J connectivity index is 0.00000200. The van der Waals surface area contributed by atoms with E-state index in [0.29, 0.717) is 16.8 Å². The number of rotatable bonds is 4. The Bertz CT molecular complexity index is 496. The molecule has 5 heteroatoms. The molecule has 0 unspecified atom stereocenters. The van der Waals surface area contributed by atoms with Gasteiger partial charge in [0.25, 0.3) is 0 Å². The number of hydrogen-bond acceptors (Lipinski definition) is 4. The molecule has 0 amide bonds. The summed E-state index contributed by atoms with van der Waals surface area (Å²) in [5, 5.41) is 10.7. The molecule has 0 atom stereocenters. The quantitative estimate of drug-likeness (QED) is 0.407. The summed E-state index contributed by atoms with van der Waals surface area (Å²) in [6, 6.07) is 5.00. The van der Waals surface area contributed by atoms with E-state index in [2.05, 4.69) is 0 Å². The van der Waals surface area contributed by atoms with E-state index in [9.17, 15) is 14.7 Å². The van der Waals surface area contributed by atoms with Crippen LogP contribution in [-0.4, -0.2) is 11.8 Å². The van der Waals surface area contributed by atoms with Gasteiger partial charge in [-0.25, -0.2) is 0 Å². The summed E-state index contributed by atoms with van der Waals surface area (Å²) in [5.74, 6) is -1.10. The number of benzene rings is 1. The summed E-state index contributed by atoms with van der Waals surface area (Å²) < 4.78 is 0. The van der Waals surface area contributed by atoms with Crippen molar-refractivity contribution in [3.63, 3.8) is 0 Å². The van der Waals surface area contributed by atoms with E-state index in [-0.39, 0.29) is 47.7 Å². The number of para-hydroxylation sites is 1. The van der Waals surface area contributed by atoms with Crippen molar-refractivity contribution in [2.45, 2.75) is 38.5 Å². The Hall–Kier alpha value is -0.840. The van der Waals surface area contributed by atoms with E-state index in [0.717, 1.165) is 25.7 Å². The van der Waals surface area contributed by atoms with Crippen molar-refractivity contribution in [3.05, 3.63) is 29.3 Å². The van der Waals surface area contributed by atoms with E-state index < -0.39 is 5.97 Å². The van der Waals surface area contributed by atoms with Crippen LogP contribution in [-0.2, 0) is 11.2 Å². The van der Waals surface area contributed by atoms with Gasteiger partial charge < -0.3 is 15.6 Å². The second-order valence-electron chi connectivity index (χ2n) is 5.13. The molecular weight excluding hydrogens is 265 g/mol. The number of ketones is 1. The molecule has 2 N–H and O–H groups in total. The molecule has 0 bridgehead atoms. The molecule has 4 nitrogen and oxygen atoms in total. The molecule has 0 saturated heterocycles. The van der Waals surface area contributed by atoms with Crippen LogP contribution in [0.15, 0.2) is 18.2 Å². The molecule has 1 aromatic rings. The van der Waals surface area contributed by atoms with E-state index in [1.54, 1.807) is 18.2 Å². The molecule has 1 fully saturated rings. The average Bonchev–Trinajstić information content (AvgIpc) is 2.41. The smallest absolute Gasteiger partial charge is 0.550 e. The summed E-state index contributed by atoms with van der Waals surface area (Å²) in [6.45, 7) is 0. The van der Waals surface area contributed by atoms with Gasteiger partial charge in [-0.3, -0.25) is 4.79 Å². The summed E-state index contributed by atoms with van der Waals surface area (Å²) in [5.41, 5.74) is 7.14. The largest absolute Gasteiger partial charge is 1.00 e. The Morgan fingerprint density at radius 1 is 1.20 bits per heavy atom. The van der Waals surface area contributed by atoms with Gasteiger partial charge in [-0.2, -0.15) is 0 Å². The minimum absolute atomic E-state index is 0. The molecule has 2 rings (SSSR count). The van der Waals surface area contributed by atoms with Crippen LogP contribution in [0.5, 0.6) is 0 Å². The zero-order valence-corrected chi connectivity index (χ0v) is 13.9. The fourth-order valence-electron chi connectivity index (χ4n) is 2.72. The van der Waals surface area contributed by atoms with Gasteiger partial charge in [0, 0.05) is 29.6 Å². The molecule has 0 aromatic heterocycles. The Morgan fingerprint density at radius 3 is 2.45 bits per heavy atom. The molecule has 0 radical (unpaired) electrons. The minimum atomic E-state index is -1.19. The standard InChI is InChI=1S/C15H19NO3.Na/c16-14-11(9-13(17)18)7-4-8-12(14)15(19)10-5-2-1-3-6-10;/h4,7-8,10H,1-3,5-6,9,16H2,(H,17,18);/q;+1/p-1. The maximum atomic E-state index is 12.4. The third-order valence-electron chi connectivity index (χ3n) is 3.77. The summed E-state index contributed by atoms with van der Waals surface area (Å²) in [4.78, 5) is 23.1. The van der Waals surface area contributed by atoms with E-state index >= 15 is 0 Å². The number of carbonyl (C=O) groups excluding carboxylic acids is 2. The normalized spacial score (nSPS) is 15.4. The third-order valence-corrected chi connectivity index (χ3v) is 3.77. The first-order valence-corrected chi connectivity index (χ1v) is 6.71. The maximum absolute atomic E-state index is 12.4. The summed E-state index contributed by atoms with van der Waals surface area (Å²) in [6.07, 6.45) is 4.90. The van der Waals surface area contributed by atoms with Gasteiger partial charge in [0.15, 0.2) is 5.78 Å². The Kier molecular flexibility index (Phi) is 6.72. The van der Waals surface area contributed by atoms with Crippen LogP contribution in [0.3, 0.4) is 0 Å². The van der Waals surface area contributed by atoms with Gasteiger partial charge in [0.05, 0.1) is 0 Å². The van der Waals surface area contributed by atoms with Crippen molar-refractivity contribution < 1.29 is 44.3 Å². The number of nitrogen functional groups attached to an aromatic ring is 1. The molecule has 1 saturated carbocycles.